The fourth-order valence-electron chi connectivity index (χ4n) is 0.928. The quantitative estimate of drug-likeness (QED) is 0.785. The molecule has 1 amide bonds. The number of rotatable bonds is 1. The molecule has 5 heteroatoms. The molecule has 0 spiro atoms. The Labute approximate surface area is 101 Å². The van der Waals surface area contributed by atoms with Gasteiger partial charge in [-0.05, 0) is 22.0 Å². The Morgan fingerprint density at radius 3 is 2.25 bits per heavy atom. The third-order valence-corrected chi connectivity index (χ3v) is 2.60. The first kappa shape index (κ1) is 13.1. The number of carbonyl (C=O) groups is 1. The SMILES string of the molecule is CC(C)(C)C(=O)Nc1cc(F)c(F)cc1Br. The summed E-state index contributed by atoms with van der Waals surface area (Å²) in [4.78, 5) is 11.6. The van der Waals surface area contributed by atoms with Gasteiger partial charge in [0.05, 0.1) is 5.69 Å². The summed E-state index contributed by atoms with van der Waals surface area (Å²) in [7, 11) is 0. The lowest BCUT2D eigenvalue weighted by Crippen LogP contribution is -2.27. The Morgan fingerprint density at radius 2 is 1.75 bits per heavy atom. The fourth-order valence-corrected chi connectivity index (χ4v) is 1.34. The molecular weight excluding hydrogens is 280 g/mol. The summed E-state index contributed by atoms with van der Waals surface area (Å²) in [5.74, 6) is -2.22. The maximum Gasteiger partial charge on any atom is 0.229 e. The number of hydrogen-bond donors (Lipinski definition) is 1. The van der Waals surface area contributed by atoms with Crippen molar-refractivity contribution in [1.82, 2.24) is 0 Å². The van der Waals surface area contributed by atoms with Crippen molar-refractivity contribution >= 4 is 27.5 Å². The van der Waals surface area contributed by atoms with Gasteiger partial charge in [0.15, 0.2) is 11.6 Å². The van der Waals surface area contributed by atoms with Crippen molar-refractivity contribution in [3.63, 3.8) is 0 Å². The minimum absolute atomic E-state index is 0.221. The van der Waals surface area contributed by atoms with Gasteiger partial charge in [0.1, 0.15) is 0 Å². The topological polar surface area (TPSA) is 29.1 Å². The zero-order chi connectivity index (χ0) is 12.5. The van der Waals surface area contributed by atoms with E-state index in [0.717, 1.165) is 12.1 Å². The lowest BCUT2D eigenvalue weighted by atomic mass is 9.95. The first-order valence-corrected chi connectivity index (χ1v) is 5.47. The Morgan fingerprint density at radius 1 is 1.25 bits per heavy atom. The summed E-state index contributed by atoms with van der Waals surface area (Å²) in [6.45, 7) is 5.20. The van der Waals surface area contributed by atoms with Crippen molar-refractivity contribution < 1.29 is 13.6 Å². The number of carbonyl (C=O) groups excluding carboxylic acids is 1. The highest BCUT2D eigenvalue weighted by Crippen LogP contribution is 2.27. The van der Waals surface area contributed by atoms with E-state index in [4.69, 9.17) is 0 Å². The molecule has 0 saturated heterocycles. The minimum Gasteiger partial charge on any atom is -0.325 e. The summed E-state index contributed by atoms with van der Waals surface area (Å²) in [5.41, 5.74) is -0.372. The molecule has 0 aromatic heterocycles. The second-order valence-corrected chi connectivity index (χ2v) is 5.30. The van der Waals surface area contributed by atoms with E-state index in [1.54, 1.807) is 20.8 Å². The summed E-state index contributed by atoms with van der Waals surface area (Å²) in [5, 5.41) is 2.53. The van der Waals surface area contributed by atoms with E-state index < -0.39 is 17.0 Å². The molecule has 0 aliphatic carbocycles. The fraction of sp³-hybridized carbons (Fsp3) is 0.364. The highest BCUT2D eigenvalue weighted by atomic mass is 79.9. The molecule has 1 aromatic rings. The highest BCUT2D eigenvalue weighted by Gasteiger charge is 2.22. The van der Waals surface area contributed by atoms with Crippen LogP contribution < -0.4 is 5.32 Å². The predicted octanol–water partition coefficient (Wildman–Crippen LogP) is 3.71. The molecular formula is C11H12BrF2NO. The molecule has 1 rings (SSSR count). The summed E-state index contributed by atoms with van der Waals surface area (Å²) >= 11 is 3.06. The van der Waals surface area contributed by atoms with Crippen LogP contribution in [0.1, 0.15) is 20.8 Å². The molecule has 0 heterocycles. The van der Waals surface area contributed by atoms with Gasteiger partial charge in [0.2, 0.25) is 5.91 Å². The average Bonchev–Trinajstić information content (AvgIpc) is 2.12. The van der Waals surface area contributed by atoms with Crippen LogP contribution >= 0.6 is 15.9 Å². The van der Waals surface area contributed by atoms with Crippen molar-refractivity contribution in [2.75, 3.05) is 5.32 Å². The van der Waals surface area contributed by atoms with E-state index in [9.17, 15) is 13.6 Å². The Hall–Kier alpha value is -0.970. The van der Waals surface area contributed by atoms with Gasteiger partial charge >= 0.3 is 0 Å². The van der Waals surface area contributed by atoms with Crippen LogP contribution in [0.3, 0.4) is 0 Å². The summed E-state index contributed by atoms with van der Waals surface area (Å²) in [6, 6.07) is 1.93. The summed E-state index contributed by atoms with van der Waals surface area (Å²) in [6.07, 6.45) is 0. The molecule has 0 bridgehead atoms. The van der Waals surface area contributed by atoms with Crippen LogP contribution in [-0.4, -0.2) is 5.91 Å². The van der Waals surface area contributed by atoms with Gasteiger partial charge in [-0.25, -0.2) is 8.78 Å². The van der Waals surface area contributed by atoms with Crippen LogP contribution in [0.5, 0.6) is 0 Å². The van der Waals surface area contributed by atoms with Crippen LogP contribution in [0, 0.1) is 17.0 Å². The van der Waals surface area contributed by atoms with Crippen molar-refractivity contribution in [2.45, 2.75) is 20.8 Å². The third kappa shape index (κ3) is 3.01. The Bertz CT molecular complexity index is 427. The Balaban J connectivity index is 2.99. The number of anilines is 1. The molecule has 0 fully saturated rings. The molecule has 0 aliphatic heterocycles. The molecule has 16 heavy (non-hydrogen) atoms. The van der Waals surface area contributed by atoms with Crippen molar-refractivity contribution in [1.29, 1.82) is 0 Å². The second kappa shape index (κ2) is 4.49. The number of benzene rings is 1. The van der Waals surface area contributed by atoms with Gasteiger partial charge in [0, 0.05) is 16.0 Å². The third-order valence-electron chi connectivity index (χ3n) is 1.94. The van der Waals surface area contributed by atoms with Crippen molar-refractivity contribution in [3.8, 4) is 0 Å². The van der Waals surface area contributed by atoms with Gasteiger partial charge < -0.3 is 5.32 Å². The standard InChI is InChI=1S/C11H12BrF2NO/c1-11(2,3)10(16)15-9-5-8(14)7(13)4-6(9)12/h4-5H,1-3H3,(H,15,16). The second-order valence-electron chi connectivity index (χ2n) is 4.45. The summed E-state index contributed by atoms with van der Waals surface area (Å²) < 4.78 is 26.1. The minimum atomic E-state index is -0.993. The molecule has 0 aliphatic rings. The zero-order valence-corrected chi connectivity index (χ0v) is 10.8. The van der Waals surface area contributed by atoms with E-state index in [2.05, 4.69) is 21.2 Å². The van der Waals surface area contributed by atoms with E-state index in [-0.39, 0.29) is 11.6 Å². The molecule has 0 unspecified atom stereocenters. The normalized spacial score (nSPS) is 11.4. The number of amides is 1. The Kier molecular flexibility index (Phi) is 3.68. The van der Waals surface area contributed by atoms with Crippen molar-refractivity contribution in [2.24, 2.45) is 5.41 Å². The van der Waals surface area contributed by atoms with Gasteiger partial charge in [-0.2, -0.15) is 0 Å². The van der Waals surface area contributed by atoms with Crippen molar-refractivity contribution in [3.05, 3.63) is 28.2 Å². The molecule has 0 radical (unpaired) electrons. The van der Waals surface area contributed by atoms with E-state index in [1.807, 2.05) is 0 Å². The average molecular weight is 292 g/mol. The van der Waals surface area contributed by atoms with Crippen LogP contribution in [0.2, 0.25) is 0 Å². The van der Waals surface area contributed by atoms with E-state index in [0.29, 0.717) is 4.47 Å². The first-order chi connectivity index (χ1) is 7.21. The monoisotopic (exact) mass is 291 g/mol. The maximum absolute atomic E-state index is 13.0. The van der Waals surface area contributed by atoms with Gasteiger partial charge in [-0.1, -0.05) is 20.8 Å². The number of nitrogens with one attached hydrogen (secondary N) is 1. The molecule has 2 nitrogen and oxygen atoms in total. The highest BCUT2D eigenvalue weighted by molar-refractivity contribution is 9.10. The molecule has 0 saturated carbocycles. The van der Waals surface area contributed by atoms with Crippen LogP contribution in [0.15, 0.2) is 16.6 Å². The van der Waals surface area contributed by atoms with Gasteiger partial charge in [-0.15, -0.1) is 0 Å². The first-order valence-electron chi connectivity index (χ1n) is 4.68. The molecule has 1 N–H and O–H groups in total. The predicted molar refractivity (Wildman–Crippen MR) is 62.1 cm³/mol. The smallest absolute Gasteiger partial charge is 0.229 e. The molecule has 1 aromatic carbocycles. The van der Waals surface area contributed by atoms with Crippen LogP contribution in [-0.2, 0) is 4.79 Å². The van der Waals surface area contributed by atoms with Crippen LogP contribution in [0.4, 0.5) is 14.5 Å². The molecule has 88 valence electrons. The van der Waals surface area contributed by atoms with Gasteiger partial charge in [-0.3, -0.25) is 4.79 Å². The van der Waals surface area contributed by atoms with E-state index in [1.165, 1.54) is 0 Å². The number of halogens is 3. The van der Waals surface area contributed by atoms with E-state index >= 15 is 0 Å². The lowest BCUT2D eigenvalue weighted by molar-refractivity contribution is -0.123. The van der Waals surface area contributed by atoms with Gasteiger partial charge in [0.25, 0.3) is 0 Å². The molecule has 0 atom stereocenters. The lowest BCUT2D eigenvalue weighted by Gasteiger charge is -2.18. The maximum atomic E-state index is 13.0. The number of hydrogen-bond acceptors (Lipinski definition) is 1. The zero-order valence-electron chi connectivity index (χ0n) is 9.20. The van der Waals surface area contributed by atoms with Crippen LogP contribution in [0.25, 0.3) is 0 Å². The largest absolute Gasteiger partial charge is 0.325 e.